The van der Waals surface area contributed by atoms with Crippen molar-refractivity contribution in [2.45, 2.75) is 0 Å². The second-order valence-electron chi connectivity index (χ2n) is 7.30. The van der Waals surface area contributed by atoms with Crippen LogP contribution in [0, 0.1) is 0 Å². The lowest BCUT2D eigenvalue weighted by molar-refractivity contribution is 0.0770. The van der Waals surface area contributed by atoms with Crippen LogP contribution in [0.15, 0.2) is 42.6 Å². The Bertz CT molecular complexity index is 958. The fourth-order valence-electron chi connectivity index (χ4n) is 3.64. The van der Waals surface area contributed by atoms with Crippen LogP contribution >= 0.6 is 11.6 Å². The summed E-state index contributed by atoms with van der Waals surface area (Å²) in [6, 6.07) is 11.5. The van der Waals surface area contributed by atoms with Crippen molar-refractivity contribution >= 4 is 38.9 Å². The van der Waals surface area contributed by atoms with Crippen molar-refractivity contribution in [3.8, 4) is 0 Å². The van der Waals surface area contributed by atoms with Gasteiger partial charge < -0.3 is 14.7 Å². The van der Waals surface area contributed by atoms with Gasteiger partial charge in [0.15, 0.2) is 9.84 Å². The number of halogens is 1. The molecule has 2 aliphatic rings. The first-order valence-electron chi connectivity index (χ1n) is 9.62. The molecule has 154 valence electrons. The first-order chi connectivity index (χ1) is 13.9. The van der Waals surface area contributed by atoms with Gasteiger partial charge in [0, 0.05) is 56.2 Å². The summed E-state index contributed by atoms with van der Waals surface area (Å²) < 4.78 is 23.1. The standard InChI is InChI=1S/C20H23ClN4O3S/c21-17-2-4-18(5-3-17)23-7-9-24(10-8-23)19-6-1-16(15-22-19)20(26)25-11-13-29(27,28)14-12-25/h1-6,15H,7-14H2. The van der Waals surface area contributed by atoms with Crippen LogP contribution in [0.5, 0.6) is 0 Å². The van der Waals surface area contributed by atoms with Crippen molar-refractivity contribution in [3.05, 3.63) is 53.2 Å². The Hall–Kier alpha value is -2.32. The molecule has 4 rings (SSSR count). The number of rotatable bonds is 3. The number of hydrogen-bond acceptors (Lipinski definition) is 6. The van der Waals surface area contributed by atoms with Crippen LogP contribution in [0.25, 0.3) is 0 Å². The summed E-state index contributed by atoms with van der Waals surface area (Å²) >= 11 is 5.96. The maximum Gasteiger partial charge on any atom is 0.255 e. The van der Waals surface area contributed by atoms with E-state index in [9.17, 15) is 13.2 Å². The van der Waals surface area contributed by atoms with Crippen molar-refractivity contribution in [1.29, 1.82) is 0 Å². The van der Waals surface area contributed by atoms with Crippen LogP contribution in [0.1, 0.15) is 10.4 Å². The van der Waals surface area contributed by atoms with E-state index in [0.717, 1.165) is 42.7 Å². The minimum absolute atomic E-state index is 0.0299. The average molecular weight is 435 g/mol. The van der Waals surface area contributed by atoms with E-state index in [-0.39, 0.29) is 30.5 Å². The number of benzene rings is 1. The molecule has 0 radical (unpaired) electrons. The summed E-state index contributed by atoms with van der Waals surface area (Å²) in [5, 5.41) is 0.734. The third kappa shape index (κ3) is 4.64. The zero-order valence-corrected chi connectivity index (χ0v) is 17.6. The first kappa shape index (κ1) is 20.0. The van der Waals surface area contributed by atoms with E-state index in [0.29, 0.717) is 5.56 Å². The molecule has 2 aliphatic heterocycles. The van der Waals surface area contributed by atoms with Gasteiger partial charge in [0.25, 0.3) is 5.91 Å². The molecule has 1 aromatic heterocycles. The molecule has 2 aromatic rings. The lowest BCUT2D eigenvalue weighted by atomic mass is 10.2. The molecule has 0 saturated carbocycles. The summed E-state index contributed by atoms with van der Waals surface area (Å²) in [5.74, 6) is 0.745. The van der Waals surface area contributed by atoms with Crippen LogP contribution in [-0.2, 0) is 9.84 Å². The lowest BCUT2D eigenvalue weighted by Gasteiger charge is -2.36. The van der Waals surface area contributed by atoms with Crippen LogP contribution < -0.4 is 9.80 Å². The van der Waals surface area contributed by atoms with Crippen molar-refractivity contribution in [2.24, 2.45) is 0 Å². The molecule has 0 unspecified atom stereocenters. The number of aromatic nitrogens is 1. The van der Waals surface area contributed by atoms with Gasteiger partial charge in [0.05, 0.1) is 17.1 Å². The minimum atomic E-state index is -3.01. The van der Waals surface area contributed by atoms with Crippen LogP contribution in [0.2, 0.25) is 5.02 Å². The highest BCUT2D eigenvalue weighted by Crippen LogP contribution is 2.21. The quantitative estimate of drug-likeness (QED) is 0.735. The van der Waals surface area contributed by atoms with Gasteiger partial charge in [-0.05, 0) is 36.4 Å². The molecule has 2 fully saturated rings. The number of anilines is 2. The average Bonchev–Trinajstić information content (AvgIpc) is 2.74. The fraction of sp³-hybridized carbons (Fsp3) is 0.400. The molecule has 0 bridgehead atoms. The lowest BCUT2D eigenvalue weighted by Crippen LogP contribution is -2.47. The van der Waals surface area contributed by atoms with Gasteiger partial charge in [-0.2, -0.15) is 0 Å². The minimum Gasteiger partial charge on any atom is -0.368 e. The Balaban J connectivity index is 1.35. The molecule has 0 atom stereocenters. The highest BCUT2D eigenvalue weighted by molar-refractivity contribution is 7.91. The van der Waals surface area contributed by atoms with Crippen molar-refractivity contribution in [3.63, 3.8) is 0 Å². The Labute approximate surface area is 175 Å². The predicted octanol–water partition coefficient (Wildman–Crippen LogP) is 1.93. The third-order valence-corrected chi connectivity index (χ3v) is 7.28. The van der Waals surface area contributed by atoms with Crippen molar-refractivity contribution < 1.29 is 13.2 Å². The van der Waals surface area contributed by atoms with E-state index >= 15 is 0 Å². The van der Waals surface area contributed by atoms with Gasteiger partial charge >= 0.3 is 0 Å². The summed E-state index contributed by atoms with van der Waals surface area (Å²) in [6.45, 7) is 3.93. The number of hydrogen-bond donors (Lipinski definition) is 0. The molecule has 0 N–H and O–H groups in total. The van der Waals surface area contributed by atoms with Gasteiger partial charge in [-0.25, -0.2) is 13.4 Å². The number of piperazine rings is 1. The predicted molar refractivity (Wildman–Crippen MR) is 115 cm³/mol. The van der Waals surface area contributed by atoms with E-state index in [1.165, 1.54) is 0 Å². The van der Waals surface area contributed by atoms with E-state index in [1.54, 1.807) is 17.2 Å². The molecule has 0 aliphatic carbocycles. The first-order valence-corrected chi connectivity index (χ1v) is 11.8. The van der Waals surface area contributed by atoms with Gasteiger partial charge in [-0.1, -0.05) is 11.6 Å². The smallest absolute Gasteiger partial charge is 0.255 e. The molecule has 1 aromatic carbocycles. The number of nitrogens with zero attached hydrogens (tertiary/aromatic N) is 4. The second kappa shape index (κ2) is 8.20. The Morgan fingerprint density at radius 2 is 1.48 bits per heavy atom. The molecule has 29 heavy (non-hydrogen) atoms. The molecule has 3 heterocycles. The van der Waals surface area contributed by atoms with Gasteiger partial charge in [-0.3, -0.25) is 4.79 Å². The van der Waals surface area contributed by atoms with E-state index < -0.39 is 9.84 Å². The monoisotopic (exact) mass is 434 g/mol. The summed E-state index contributed by atoms with van der Waals surface area (Å²) in [7, 11) is -3.01. The van der Waals surface area contributed by atoms with Gasteiger partial charge in [0.2, 0.25) is 0 Å². The molecular formula is C20H23ClN4O3S. The number of pyridine rings is 1. The maximum atomic E-state index is 12.6. The Kier molecular flexibility index (Phi) is 5.65. The summed E-state index contributed by atoms with van der Waals surface area (Å²) in [6.07, 6.45) is 1.59. The van der Waals surface area contributed by atoms with Gasteiger partial charge in [-0.15, -0.1) is 0 Å². The topological polar surface area (TPSA) is 73.8 Å². The zero-order valence-electron chi connectivity index (χ0n) is 16.0. The molecule has 9 heteroatoms. The fourth-order valence-corrected chi connectivity index (χ4v) is 4.97. The molecule has 0 spiro atoms. The number of carbonyl (C=O) groups excluding carboxylic acids is 1. The third-order valence-electron chi connectivity index (χ3n) is 5.42. The molecule has 7 nitrogen and oxygen atoms in total. The van der Waals surface area contributed by atoms with E-state index in [1.807, 2.05) is 30.3 Å². The SMILES string of the molecule is O=C(c1ccc(N2CCN(c3ccc(Cl)cc3)CC2)nc1)N1CCS(=O)(=O)CC1. The molecular weight excluding hydrogens is 412 g/mol. The van der Waals surface area contributed by atoms with Crippen LogP contribution in [0.4, 0.5) is 11.5 Å². The normalized spacial score (nSPS) is 19.3. The van der Waals surface area contributed by atoms with E-state index in [4.69, 9.17) is 11.6 Å². The number of sulfone groups is 1. The summed E-state index contributed by atoms with van der Waals surface area (Å²) in [4.78, 5) is 23.2. The summed E-state index contributed by atoms with van der Waals surface area (Å²) in [5.41, 5.74) is 1.65. The van der Waals surface area contributed by atoms with Crippen molar-refractivity contribution in [1.82, 2.24) is 9.88 Å². The van der Waals surface area contributed by atoms with Gasteiger partial charge in [0.1, 0.15) is 5.82 Å². The Morgan fingerprint density at radius 1 is 0.862 bits per heavy atom. The van der Waals surface area contributed by atoms with Crippen LogP contribution in [0.3, 0.4) is 0 Å². The molecule has 2 saturated heterocycles. The van der Waals surface area contributed by atoms with Crippen LogP contribution in [-0.4, -0.2) is 75.0 Å². The Morgan fingerprint density at radius 3 is 2.07 bits per heavy atom. The number of amides is 1. The highest BCUT2D eigenvalue weighted by Gasteiger charge is 2.26. The number of carbonyl (C=O) groups is 1. The van der Waals surface area contributed by atoms with E-state index in [2.05, 4.69) is 14.8 Å². The molecule has 1 amide bonds. The maximum absolute atomic E-state index is 12.6. The highest BCUT2D eigenvalue weighted by atomic mass is 35.5. The zero-order chi connectivity index (χ0) is 20.4. The second-order valence-corrected chi connectivity index (χ2v) is 10.0. The van der Waals surface area contributed by atoms with Crippen molar-refractivity contribution in [2.75, 3.05) is 60.6 Å². The largest absolute Gasteiger partial charge is 0.368 e.